The first-order valence-electron chi connectivity index (χ1n) is 9.44. The van der Waals surface area contributed by atoms with Gasteiger partial charge in [0.05, 0.1) is 10.9 Å². The Labute approximate surface area is 184 Å². The molecule has 170 valence electrons. The Morgan fingerprint density at radius 1 is 1.27 bits per heavy atom. The van der Waals surface area contributed by atoms with Gasteiger partial charge < -0.3 is 21.6 Å². The number of nitrogens with zero attached hydrogens (tertiary/aromatic N) is 1. The third-order valence-electron chi connectivity index (χ3n) is 4.29. The van der Waals surface area contributed by atoms with E-state index in [0.29, 0.717) is 17.0 Å². The molecule has 30 heavy (non-hydrogen) atoms. The second kappa shape index (κ2) is 12.5. The molecule has 1 amide bonds. The molecule has 0 radical (unpaired) electrons. The van der Waals surface area contributed by atoms with Crippen molar-refractivity contribution in [2.24, 2.45) is 17.4 Å². The van der Waals surface area contributed by atoms with Crippen molar-refractivity contribution in [3.8, 4) is 0 Å². The van der Waals surface area contributed by atoms with Crippen LogP contribution in [-0.4, -0.2) is 49.5 Å². The molecule has 0 unspecified atom stereocenters. The van der Waals surface area contributed by atoms with E-state index in [4.69, 9.17) is 16.9 Å². The van der Waals surface area contributed by atoms with E-state index in [1.807, 2.05) is 20.8 Å². The van der Waals surface area contributed by atoms with Gasteiger partial charge in [0.15, 0.2) is 5.96 Å². The van der Waals surface area contributed by atoms with Crippen LogP contribution < -0.4 is 16.8 Å². The molecule has 0 heterocycles. The highest BCUT2D eigenvalue weighted by molar-refractivity contribution is 7.89. The Morgan fingerprint density at radius 3 is 2.30 bits per heavy atom. The smallest absolute Gasteiger partial charge is 0.267 e. The molecule has 2 atom stereocenters. The van der Waals surface area contributed by atoms with E-state index in [0.717, 1.165) is 5.56 Å². The zero-order valence-corrected chi connectivity index (χ0v) is 19.1. The lowest BCUT2D eigenvalue weighted by molar-refractivity contribution is -0.132. The summed E-state index contributed by atoms with van der Waals surface area (Å²) in [5, 5.41) is 9.73. The first-order chi connectivity index (χ1) is 13.5. The van der Waals surface area contributed by atoms with Crippen LogP contribution in [0.4, 0.5) is 0 Å². The molecule has 0 saturated carbocycles. The minimum Gasteiger partial charge on any atom is -0.370 e. The lowest BCUT2D eigenvalue weighted by atomic mass is 10.0. The number of carbonyl (C=O) groups is 2. The summed E-state index contributed by atoms with van der Waals surface area (Å²) in [7, 11) is -4.28. The topological polar surface area (TPSA) is 159 Å². The van der Waals surface area contributed by atoms with Crippen LogP contribution in [0.1, 0.15) is 38.7 Å². The quantitative estimate of drug-likeness (QED) is 0.166. The predicted octanol–water partition coefficient (Wildman–Crippen LogP) is 1.14. The third kappa shape index (κ3) is 7.92. The molecule has 0 spiro atoms. The predicted molar refractivity (Wildman–Crippen MR) is 119 cm³/mol. The van der Waals surface area contributed by atoms with Gasteiger partial charge in [-0.1, -0.05) is 31.5 Å². The van der Waals surface area contributed by atoms with Crippen LogP contribution in [0.2, 0.25) is 0 Å². The van der Waals surface area contributed by atoms with E-state index >= 15 is 0 Å². The molecule has 6 N–H and O–H groups in total. The monoisotopic (exact) mass is 461 g/mol. The molecule has 0 fully saturated rings. The summed E-state index contributed by atoms with van der Waals surface area (Å²) in [5.41, 5.74) is 12.1. The van der Waals surface area contributed by atoms with Gasteiger partial charge in [0, 0.05) is 6.54 Å². The minimum absolute atomic E-state index is 0. The summed E-state index contributed by atoms with van der Waals surface area (Å²) in [6, 6.07) is 3.79. The number of aldehydes is 1. The van der Waals surface area contributed by atoms with Crippen LogP contribution in [0, 0.1) is 18.3 Å². The van der Waals surface area contributed by atoms with Gasteiger partial charge in [0.1, 0.15) is 12.3 Å². The molecule has 1 aromatic rings. The maximum absolute atomic E-state index is 13.2. The second-order valence-corrected chi connectivity index (χ2v) is 9.19. The fraction of sp³-hybridized carbons (Fsp3) is 0.526. The summed E-state index contributed by atoms with van der Waals surface area (Å²) in [4.78, 5) is 24.7. The highest BCUT2D eigenvalue weighted by Crippen LogP contribution is 2.22. The maximum atomic E-state index is 13.2. The van der Waals surface area contributed by atoms with Crippen molar-refractivity contribution in [2.75, 3.05) is 6.54 Å². The maximum Gasteiger partial charge on any atom is 0.267 e. The molecule has 9 nitrogen and oxygen atoms in total. The van der Waals surface area contributed by atoms with Gasteiger partial charge in [0.25, 0.3) is 15.9 Å². The van der Waals surface area contributed by atoms with Gasteiger partial charge in [0.2, 0.25) is 0 Å². The van der Waals surface area contributed by atoms with Crippen molar-refractivity contribution in [3.63, 3.8) is 0 Å². The van der Waals surface area contributed by atoms with Gasteiger partial charge in [-0.05, 0) is 44.2 Å². The largest absolute Gasteiger partial charge is 0.370 e. The number of benzene rings is 1. The number of hydrogen-bond acceptors (Lipinski definition) is 6. The Bertz CT molecular complexity index is 815. The Morgan fingerprint density at radius 2 is 1.83 bits per heavy atom. The molecule has 0 aliphatic carbocycles. The normalized spacial score (nSPS) is 13.1. The number of rotatable bonds is 11. The van der Waals surface area contributed by atoms with Gasteiger partial charge in [-0.15, -0.1) is 12.4 Å². The van der Waals surface area contributed by atoms with E-state index in [1.54, 1.807) is 12.1 Å². The molecule has 0 aliphatic rings. The lowest BCUT2D eigenvalue weighted by Crippen LogP contribution is -2.52. The summed E-state index contributed by atoms with van der Waals surface area (Å²) < 4.78 is 27.1. The number of amides is 1. The molecule has 1 aromatic carbocycles. The number of hydrogen-bond donors (Lipinski definition) is 4. The molecule has 0 saturated heterocycles. The molecular formula is C19H32ClN5O4S. The number of sulfonamides is 1. The zero-order chi connectivity index (χ0) is 22.2. The number of aryl methyl sites for hydroxylation is 1. The standard InChI is InChI=1S/C19H31N5O4S.ClH/c1-13(2)11-17(20)18(26)24(15(12-25)5-4-10-23-19(21)22)29(27,28)16-8-6-14(3)7-9-16;/h6-9,12-13,15,17H,4-5,10-11,20H2,1-3H3,(H4,21,22,23);1H/t15-,17-;/m0./s1. The number of halogens is 1. The van der Waals surface area contributed by atoms with Crippen molar-refractivity contribution in [1.29, 1.82) is 5.41 Å². The van der Waals surface area contributed by atoms with Crippen molar-refractivity contribution in [2.45, 2.75) is 57.0 Å². The Kier molecular flexibility index (Phi) is 11.6. The molecule has 0 aliphatic heterocycles. The highest BCUT2D eigenvalue weighted by atomic mass is 35.5. The summed E-state index contributed by atoms with van der Waals surface area (Å²) in [6.45, 7) is 5.83. The van der Waals surface area contributed by atoms with Crippen molar-refractivity contribution in [1.82, 2.24) is 9.62 Å². The van der Waals surface area contributed by atoms with Crippen molar-refractivity contribution < 1.29 is 18.0 Å². The third-order valence-corrected chi connectivity index (χ3v) is 6.12. The van der Waals surface area contributed by atoms with Gasteiger partial charge in [-0.25, -0.2) is 12.7 Å². The Hall–Kier alpha value is -2.17. The van der Waals surface area contributed by atoms with Crippen LogP contribution in [0.5, 0.6) is 0 Å². The van der Waals surface area contributed by atoms with Crippen LogP contribution in [-0.2, 0) is 19.6 Å². The molecular weight excluding hydrogens is 430 g/mol. The number of nitrogens with one attached hydrogen (secondary N) is 2. The van der Waals surface area contributed by atoms with Crippen LogP contribution in [0.3, 0.4) is 0 Å². The van der Waals surface area contributed by atoms with Crippen LogP contribution in [0.15, 0.2) is 29.2 Å². The molecule has 1 rings (SSSR count). The lowest BCUT2D eigenvalue weighted by Gasteiger charge is -2.30. The minimum atomic E-state index is -4.28. The van der Waals surface area contributed by atoms with E-state index in [9.17, 15) is 18.0 Å². The van der Waals surface area contributed by atoms with E-state index in [1.165, 1.54) is 12.1 Å². The van der Waals surface area contributed by atoms with E-state index in [2.05, 4.69) is 5.32 Å². The zero-order valence-electron chi connectivity index (χ0n) is 17.5. The first kappa shape index (κ1) is 27.8. The van der Waals surface area contributed by atoms with Crippen molar-refractivity contribution in [3.05, 3.63) is 29.8 Å². The van der Waals surface area contributed by atoms with E-state index < -0.39 is 28.0 Å². The van der Waals surface area contributed by atoms with Gasteiger partial charge in [-0.3, -0.25) is 10.2 Å². The average Bonchev–Trinajstić information content (AvgIpc) is 2.63. The summed E-state index contributed by atoms with van der Waals surface area (Å²) in [5.74, 6) is -0.963. The molecule has 0 bridgehead atoms. The highest BCUT2D eigenvalue weighted by Gasteiger charge is 2.38. The number of nitrogens with two attached hydrogens (primary N) is 2. The average molecular weight is 462 g/mol. The molecule has 11 heteroatoms. The summed E-state index contributed by atoms with van der Waals surface area (Å²) in [6.07, 6.45) is 1.14. The van der Waals surface area contributed by atoms with Gasteiger partial charge in [-0.2, -0.15) is 0 Å². The fourth-order valence-corrected chi connectivity index (χ4v) is 4.42. The first-order valence-corrected chi connectivity index (χ1v) is 10.9. The van der Waals surface area contributed by atoms with Crippen molar-refractivity contribution >= 4 is 40.6 Å². The number of carbonyl (C=O) groups excluding carboxylic acids is 2. The second-order valence-electron chi connectivity index (χ2n) is 7.37. The van der Waals surface area contributed by atoms with Gasteiger partial charge >= 0.3 is 0 Å². The SMILES string of the molecule is Cc1ccc(S(=O)(=O)N(C(=O)[C@@H](N)CC(C)C)[C@H](C=O)CCCNC(=N)N)cc1.Cl. The molecule has 0 aromatic heterocycles. The van der Waals surface area contributed by atoms with Crippen LogP contribution in [0.25, 0.3) is 0 Å². The summed E-state index contributed by atoms with van der Waals surface area (Å²) >= 11 is 0. The fourth-order valence-electron chi connectivity index (χ4n) is 2.83. The number of guanidine groups is 1. The van der Waals surface area contributed by atoms with Crippen LogP contribution >= 0.6 is 12.4 Å². The Balaban J connectivity index is 0.00000841. The van der Waals surface area contributed by atoms with E-state index in [-0.39, 0.29) is 48.6 Å².